The second kappa shape index (κ2) is 22.3. The molecule has 2 aliphatic carbocycles. The fourth-order valence-corrected chi connectivity index (χ4v) is 8.83. The Morgan fingerprint density at radius 3 is 1.29 bits per heavy atom. The van der Waals surface area contributed by atoms with Gasteiger partial charge in [0.2, 0.25) is 0 Å². The van der Waals surface area contributed by atoms with Crippen LogP contribution in [0.3, 0.4) is 0 Å². The first-order valence-electron chi connectivity index (χ1n) is 21.4. The molecule has 0 aliphatic heterocycles. The maximum Gasteiger partial charge on any atom is 0.180 e. The van der Waals surface area contributed by atoms with Gasteiger partial charge in [0.1, 0.15) is 10.8 Å². The zero-order valence-electron chi connectivity index (χ0n) is 34.3. The summed E-state index contributed by atoms with van der Waals surface area (Å²) in [6, 6.07) is 20.1. The molecule has 4 rings (SSSR count). The van der Waals surface area contributed by atoms with Crippen LogP contribution < -0.4 is 9.80 Å². The summed E-state index contributed by atoms with van der Waals surface area (Å²) in [6.07, 6.45) is 18.9. The Morgan fingerprint density at radius 2 is 0.911 bits per heavy atom. The Hall–Kier alpha value is -3.76. The molecule has 4 atom stereocenters. The Balaban J connectivity index is 1.75. The minimum Gasteiger partial charge on any atom is -0.372 e. The molecule has 1 fully saturated rings. The summed E-state index contributed by atoms with van der Waals surface area (Å²) >= 11 is 12.9. The van der Waals surface area contributed by atoms with Gasteiger partial charge in [0, 0.05) is 54.3 Å². The second-order valence-electron chi connectivity index (χ2n) is 15.6. The Morgan fingerprint density at radius 1 is 0.536 bits per heavy atom. The van der Waals surface area contributed by atoms with Gasteiger partial charge in [0.15, 0.2) is 22.4 Å². The molecule has 56 heavy (non-hydrogen) atoms. The van der Waals surface area contributed by atoms with Crippen molar-refractivity contribution >= 4 is 51.7 Å². The van der Waals surface area contributed by atoms with Crippen LogP contribution in [-0.4, -0.2) is 48.5 Å². The van der Waals surface area contributed by atoms with Crippen molar-refractivity contribution in [2.75, 3.05) is 36.0 Å². The first-order chi connectivity index (χ1) is 27.2. The molecule has 0 spiro atoms. The number of alkyl halides is 2. The van der Waals surface area contributed by atoms with E-state index in [1.165, 1.54) is 77.0 Å². The van der Waals surface area contributed by atoms with Crippen molar-refractivity contribution < 1.29 is 9.59 Å². The van der Waals surface area contributed by atoms with Crippen molar-refractivity contribution in [1.82, 2.24) is 0 Å². The number of Topliss-reactive ketones (excluding diaryl/α,β-unsaturated/α-hetero) is 2. The van der Waals surface area contributed by atoms with Gasteiger partial charge in [0.05, 0.1) is 12.1 Å². The number of nitrogens with zero attached hydrogens (tertiary/aromatic N) is 4. The van der Waals surface area contributed by atoms with E-state index in [2.05, 4.69) is 73.6 Å². The molecule has 300 valence electrons. The number of allylic oxidation sites excluding steroid dienone is 2. The first kappa shape index (κ1) is 44.9. The average Bonchev–Trinajstić information content (AvgIpc) is 3.22. The number of rotatable bonds is 23. The van der Waals surface area contributed by atoms with Crippen LogP contribution in [0.4, 0.5) is 11.4 Å². The molecular formula is C48H62Cl2N4O2. The highest BCUT2D eigenvalue weighted by atomic mass is 35.5. The van der Waals surface area contributed by atoms with E-state index in [4.69, 9.17) is 23.2 Å². The molecule has 1 saturated carbocycles. The zero-order chi connectivity index (χ0) is 40.6. The molecule has 0 aromatic heterocycles. The van der Waals surface area contributed by atoms with E-state index in [0.717, 1.165) is 63.2 Å². The van der Waals surface area contributed by atoms with Crippen molar-refractivity contribution in [2.45, 2.75) is 141 Å². The molecule has 6 nitrogen and oxygen atoms in total. The third-order valence-electron chi connectivity index (χ3n) is 11.6. The number of unbranched alkanes of at least 4 members (excludes halogenated alkanes) is 12. The van der Waals surface area contributed by atoms with Crippen LogP contribution in [0, 0.1) is 45.3 Å². The predicted octanol–water partition coefficient (Wildman–Crippen LogP) is 11.8. The van der Waals surface area contributed by atoms with Crippen LogP contribution in [0.2, 0.25) is 0 Å². The number of hydrogen-bond donors (Lipinski definition) is 0. The molecular weight excluding hydrogens is 735 g/mol. The van der Waals surface area contributed by atoms with E-state index in [0.29, 0.717) is 11.1 Å². The van der Waals surface area contributed by atoms with Crippen molar-refractivity contribution in [2.24, 2.45) is 10.8 Å². The summed E-state index contributed by atoms with van der Waals surface area (Å²) in [5.41, 5.74) is -0.401. The van der Waals surface area contributed by atoms with Gasteiger partial charge in [0.25, 0.3) is 0 Å². The van der Waals surface area contributed by atoms with Crippen molar-refractivity contribution in [1.29, 1.82) is 10.5 Å². The topological polar surface area (TPSA) is 88.2 Å². The van der Waals surface area contributed by atoms with Crippen molar-refractivity contribution in [3.63, 3.8) is 0 Å². The van der Waals surface area contributed by atoms with Crippen LogP contribution in [-0.2, 0) is 9.59 Å². The predicted molar refractivity (Wildman–Crippen MR) is 233 cm³/mol. The summed E-state index contributed by atoms with van der Waals surface area (Å²) in [4.78, 5) is 32.9. The molecule has 0 N–H and O–H groups in total. The monoisotopic (exact) mass is 796 g/mol. The standard InChI is InChI=1S/C48H62Cl2N4O2/c1-5-9-13-17-31-53(32-18-14-10-6-2)39-26-21-37(22-27-39)23-30-41-42(48(36-52)46(56)44(50)43(49)45(55)47(41,48)35-51)38-24-28-40(29-25-38)54(33-19-15-11-7-3)34-20-16-12-8-4/h21-22,24-29,43-44H,5-20,31-34H2,1-4H3/t43?,44?,47-,48+/m1/s1. The van der Waals surface area contributed by atoms with E-state index >= 15 is 0 Å². The van der Waals surface area contributed by atoms with Crippen molar-refractivity contribution in [3.8, 4) is 24.0 Å². The van der Waals surface area contributed by atoms with E-state index in [1.807, 2.05) is 36.4 Å². The minimum atomic E-state index is -2.16. The number of carbonyl (C=O) groups is 2. The highest BCUT2D eigenvalue weighted by Gasteiger charge is 2.78. The second-order valence-corrected chi connectivity index (χ2v) is 16.5. The summed E-state index contributed by atoms with van der Waals surface area (Å²) in [6.45, 7) is 12.8. The molecule has 2 unspecified atom stereocenters. The van der Waals surface area contributed by atoms with E-state index < -0.39 is 33.2 Å². The first-order valence-corrected chi connectivity index (χ1v) is 22.3. The molecule has 0 amide bonds. The van der Waals surface area contributed by atoms with Gasteiger partial charge < -0.3 is 9.80 Å². The molecule has 2 aliphatic rings. The molecule has 0 radical (unpaired) electrons. The van der Waals surface area contributed by atoms with Gasteiger partial charge in [-0.1, -0.05) is 129 Å². The van der Waals surface area contributed by atoms with Gasteiger partial charge in [-0.3, -0.25) is 9.59 Å². The SMILES string of the molecule is CCCCCCN(CCCCCC)c1ccc(C#CC2=C(c3ccc(N(CCCCCC)CCCCCC)cc3)[C@@]3(C#N)C(=O)C(Cl)C(Cl)C(=O)[C@@]23C#N)cc1. The normalized spacial score (nSPS) is 21.4. The molecule has 2 aromatic rings. The maximum absolute atomic E-state index is 14.1. The molecule has 0 bridgehead atoms. The number of carbonyl (C=O) groups excluding carboxylic acids is 2. The van der Waals surface area contributed by atoms with Crippen LogP contribution in [0.1, 0.15) is 142 Å². The van der Waals surface area contributed by atoms with Crippen LogP contribution >= 0.6 is 23.2 Å². The number of anilines is 2. The van der Waals surface area contributed by atoms with Crippen LogP contribution in [0.5, 0.6) is 0 Å². The summed E-state index contributed by atoms with van der Waals surface area (Å²) in [5, 5.41) is 18.7. The lowest BCUT2D eigenvalue weighted by atomic mass is 9.40. The number of hydrogen-bond acceptors (Lipinski definition) is 6. The molecule has 2 aromatic carbocycles. The number of benzene rings is 2. The number of ketones is 2. The average molecular weight is 798 g/mol. The van der Waals surface area contributed by atoms with Gasteiger partial charge in [-0.2, -0.15) is 10.5 Å². The third-order valence-corrected chi connectivity index (χ3v) is 12.6. The van der Waals surface area contributed by atoms with Gasteiger partial charge >= 0.3 is 0 Å². The highest BCUT2D eigenvalue weighted by molar-refractivity contribution is 6.49. The third kappa shape index (κ3) is 9.67. The van der Waals surface area contributed by atoms with E-state index in [9.17, 15) is 20.1 Å². The lowest BCUT2D eigenvalue weighted by molar-refractivity contribution is -0.141. The van der Waals surface area contributed by atoms with E-state index in [1.54, 1.807) is 0 Å². The molecule has 0 saturated heterocycles. The lowest BCUT2D eigenvalue weighted by Gasteiger charge is -2.54. The lowest BCUT2D eigenvalue weighted by Crippen LogP contribution is -2.68. The quantitative estimate of drug-likeness (QED) is 0.0632. The Kier molecular flexibility index (Phi) is 17.9. The van der Waals surface area contributed by atoms with Gasteiger partial charge in [-0.25, -0.2) is 0 Å². The van der Waals surface area contributed by atoms with Gasteiger partial charge in [-0.05, 0) is 67.6 Å². The Bertz CT molecular complexity index is 1760. The molecule has 0 heterocycles. The van der Waals surface area contributed by atoms with Gasteiger partial charge in [-0.15, -0.1) is 23.2 Å². The largest absolute Gasteiger partial charge is 0.372 e. The summed E-state index contributed by atoms with van der Waals surface area (Å²) in [7, 11) is 0. The zero-order valence-corrected chi connectivity index (χ0v) is 35.8. The smallest absolute Gasteiger partial charge is 0.180 e. The number of halogens is 2. The number of nitriles is 2. The maximum atomic E-state index is 14.1. The fourth-order valence-electron chi connectivity index (χ4n) is 8.28. The van der Waals surface area contributed by atoms with Crippen LogP contribution in [0.25, 0.3) is 5.57 Å². The van der Waals surface area contributed by atoms with E-state index in [-0.39, 0.29) is 11.1 Å². The van der Waals surface area contributed by atoms with Crippen LogP contribution in [0.15, 0.2) is 54.1 Å². The Labute approximate surface area is 347 Å². The van der Waals surface area contributed by atoms with Crippen molar-refractivity contribution in [3.05, 3.63) is 65.2 Å². The summed E-state index contributed by atoms with van der Waals surface area (Å²) in [5.74, 6) is 4.84. The number of fused-ring (bicyclic) bond motifs is 1. The fraction of sp³-hybridized carbons (Fsp3) is 0.583. The molecule has 8 heteroatoms. The minimum absolute atomic E-state index is 0.149. The summed E-state index contributed by atoms with van der Waals surface area (Å²) < 4.78 is 0. The highest BCUT2D eigenvalue weighted by Crippen LogP contribution is 2.68.